The van der Waals surface area contributed by atoms with Crippen LogP contribution in [0.5, 0.6) is 0 Å². The molecule has 2 rings (SSSR count). The van der Waals surface area contributed by atoms with Gasteiger partial charge in [-0.15, -0.1) is 0 Å². The van der Waals surface area contributed by atoms with Crippen molar-refractivity contribution in [2.24, 2.45) is 11.7 Å². The summed E-state index contributed by atoms with van der Waals surface area (Å²) in [6.45, 7) is 12.1. The van der Waals surface area contributed by atoms with E-state index < -0.39 is 0 Å². The summed E-state index contributed by atoms with van der Waals surface area (Å²) < 4.78 is 6.19. The lowest BCUT2D eigenvalue weighted by molar-refractivity contribution is -0.0826. The molecule has 0 aromatic rings. The lowest BCUT2D eigenvalue weighted by atomic mass is 9.89. The van der Waals surface area contributed by atoms with Crippen molar-refractivity contribution in [2.45, 2.75) is 64.2 Å². The van der Waals surface area contributed by atoms with Gasteiger partial charge in [0.05, 0.1) is 11.2 Å². The van der Waals surface area contributed by atoms with Crippen LogP contribution < -0.4 is 5.73 Å². The molecule has 0 aliphatic carbocycles. The van der Waals surface area contributed by atoms with Crippen molar-refractivity contribution in [1.29, 1.82) is 0 Å². The first-order valence-corrected chi connectivity index (χ1v) is 6.98. The number of likely N-dealkylation sites (tertiary alicyclic amines) is 1. The van der Waals surface area contributed by atoms with E-state index in [1.807, 2.05) is 0 Å². The Labute approximate surface area is 106 Å². The fourth-order valence-corrected chi connectivity index (χ4v) is 3.60. The average Bonchev–Trinajstić information content (AvgIpc) is 2.47. The van der Waals surface area contributed by atoms with Gasteiger partial charge in [0.1, 0.15) is 0 Å². The van der Waals surface area contributed by atoms with E-state index in [0.29, 0.717) is 6.04 Å². The summed E-state index contributed by atoms with van der Waals surface area (Å²) >= 11 is 0. The smallest absolute Gasteiger partial charge is 0.0789 e. The Morgan fingerprint density at radius 1 is 1.18 bits per heavy atom. The molecule has 2 saturated heterocycles. The van der Waals surface area contributed by atoms with Gasteiger partial charge in [0.25, 0.3) is 0 Å². The number of rotatable bonds is 2. The van der Waals surface area contributed by atoms with Crippen LogP contribution in [0.2, 0.25) is 0 Å². The third-order valence-electron chi connectivity index (χ3n) is 4.45. The van der Waals surface area contributed by atoms with Crippen LogP contribution in [0.15, 0.2) is 0 Å². The molecule has 0 bridgehead atoms. The third kappa shape index (κ3) is 2.83. The van der Waals surface area contributed by atoms with E-state index in [4.69, 9.17) is 10.5 Å². The zero-order valence-electron chi connectivity index (χ0n) is 11.8. The number of nitrogens with zero attached hydrogens (tertiary/aromatic N) is 1. The molecule has 1 atom stereocenters. The van der Waals surface area contributed by atoms with E-state index in [9.17, 15) is 0 Å². The molecular formula is C14H28N2O. The fourth-order valence-electron chi connectivity index (χ4n) is 3.60. The molecule has 0 radical (unpaired) electrons. The molecule has 0 saturated carbocycles. The van der Waals surface area contributed by atoms with Gasteiger partial charge in [-0.3, -0.25) is 4.90 Å². The van der Waals surface area contributed by atoms with Gasteiger partial charge in [0, 0.05) is 6.04 Å². The third-order valence-corrected chi connectivity index (χ3v) is 4.45. The SMILES string of the molecule is CC1(C)CC(N2CCC(CN)CC2)C(C)(C)O1. The summed E-state index contributed by atoms with van der Waals surface area (Å²) in [4.78, 5) is 2.63. The molecule has 2 N–H and O–H groups in total. The standard InChI is InChI=1S/C14H28N2O/c1-13(2)9-12(14(3,4)17-13)16-7-5-11(10-15)6-8-16/h11-12H,5-10,15H2,1-4H3. The van der Waals surface area contributed by atoms with Crippen molar-refractivity contribution in [3.05, 3.63) is 0 Å². The molecule has 17 heavy (non-hydrogen) atoms. The van der Waals surface area contributed by atoms with Crippen molar-refractivity contribution in [2.75, 3.05) is 19.6 Å². The predicted octanol–water partition coefficient (Wildman–Crippen LogP) is 2.00. The predicted molar refractivity (Wildman–Crippen MR) is 71.0 cm³/mol. The van der Waals surface area contributed by atoms with Crippen molar-refractivity contribution >= 4 is 0 Å². The van der Waals surface area contributed by atoms with Crippen LogP contribution >= 0.6 is 0 Å². The Kier molecular flexibility index (Phi) is 3.54. The number of hydrogen-bond donors (Lipinski definition) is 1. The van der Waals surface area contributed by atoms with E-state index >= 15 is 0 Å². The van der Waals surface area contributed by atoms with Crippen molar-refractivity contribution in [3.63, 3.8) is 0 Å². The molecule has 3 heteroatoms. The fraction of sp³-hybridized carbons (Fsp3) is 1.00. The number of nitrogens with two attached hydrogens (primary N) is 1. The zero-order valence-corrected chi connectivity index (χ0v) is 11.8. The summed E-state index contributed by atoms with van der Waals surface area (Å²) in [5.41, 5.74) is 5.77. The second-order valence-electron chi connectivity index (χ2n) is 6.90. The molecule has 0 amide bonds. The Balaban J connectivity index is 1.99. The highest BCUT2D eigenvalue weighted by atomic mass is 16.5. The first kappa shape index (κ1) is 13.3. The van der Waals surface area contributed by atoms with Crippen LogP contribution in [0.25, 0.3) is 0 Å². The quantitative estimate of drug-likeness (QED) is 0.802. The highest BCUT2D eigenvalue weighted by Gasteiger charge is 2.48. The minimum absolute atomic E-state index is 0.0148. The minimum Gasteiger partial charge on any atom is -0.368 e. The van der Waals surface area contributed by atoms with Crippen LogP contribution in [0.1, 0.15) is 47.0 Å². The van der Waals surface area contributed by atoms with E-state index in [1.165, 1.54) is 25.9 Å². The Hall–Kier alpha value is -0.120. The van der Waals surface area contributed by atoms with Crippen LogP contribution in [0.3, 0.4) is 0 Å². The largest absolute Gasteiger partial charge is 0.368 e. The molecule has 1 unspecified atom stereocenters. The Morgan fingerprint density at radius 3 is 2.18 bits per heavy atom. The zero-order chi connectivity index (χ0) is 12.7. The van der Waals surface area contributed by atoms with Gasteiger partial charge in [-0.2, -0.15) is 0 Å². The van der Waals surface area contributed by atoms with Gasteiger partial charge in [0.15, 0.2) is 0 Å². The van der Waals surface area contributed by atoms with E-state index in [2.05, 4.69) is 32.6 Å². The maximum atomic E-state index is 6.19. The van der Waals surface area contributed by atoms with Gasteiger partial charge in [-0.05, 0) is 72.5 Å². The second-order valence-corrected chi connectivity index (χ2v) is 6.90. The molecule has 0 aromatic heterocycles. The van der Waals surface area contributed by atoms with Gasteiger partial charge in [0.2, 0.25) is 0 Å². The van der Waals surface area contributed by atoms with Gasteiger partial charge >= 0.3 is 0 Å². The molecule has 100 valence electrons. The molecule has 2 fully saturated rings. The Bertz CT molecular complexity index is 267. The number of piperidine rings is 1. The van der Waals surface area contributed by atoms with Crippen molar-refractivity contribution in [3.8, 4) is 0 Å². The van der Waals surface area contributed by atoms with Crippen molar-refractivity contribution < 1.29 is 4.74 Å². The lowest BCUT2D eigenvalue weighted by Gasteiger charge is -2.40. The van der Waals surface area contributed by atoms with E-state index in [-0.39, 0.29) is 11.2 Å². The summed E-state index contributed by atoms with van der Waals surface area (Å²) in [7, 11) is 0. The van der Waals surface area contributed by atoms with Gasteiger partial charge in [-0.25, -0.2) is 0 Å². The Morgan fingerprint density at radius 2 is 1.76 bits per heavy atom. The first-order chi connectivity index (χ1) is 7.84. The average molecular weight is 240 g/mol. The van der Waals surface area contributed by atoms with Crippen LogP contribution in [0.4, 0.5) is 0 Å². The highest BCUT2D eigenvalue weighted by Crippen LogP contribution is 2.41. The number of ether oxygens (including phenoxy) is 1. The summed E-state index contributed by atoms with van der Waals surface area (Å²) in [6.07, 6.45) is 3.65. The summed E-state index contributed by atoms with van der Waals surface area (Å²) in [6, 6.07) is 0.566. The molecule has 0 aromatic carbocycles. The molecule has 2 aliphatic rings. The second kappa shape index (κ2) is 4.52. The molecule has 0 spiro atoms. The minimum atomic E-state index is -0.0148. The normalized spacial score (nSPS) is 34.1. The van der Waals surface area contributed by atoms with Gasteiger partial charge < -0.3 is 10.5 Å². The maximum Gasteiger partial charge on any atom is 0.0789 e. The van der Waals surface area contributed by atoms with Crippen molar-refractivity contribution in [1.82, 2.24) is 4.90 Å². The van der Waals surface area contributed by atoms with Crippen LogP contribution in [-0.4, -0.2) is 41.8 Å². The molecule has 2 aliphatic heterocycles. The first-order valence-electron chi connectivity index (χ1n) is 6.98. The molecular weight excluding hydrogens is 212 g/mol. The maximum absolute atomic E-state index is 6.19. The van der Waals surface area contributed by atoms with Crippen LogP contribution in [-0.2, 0) is 4.74 Å². The van der Waals surface area contributed by atoms with Gasteiger partial charge in [-0.1, -0.05) is 0 Å². The number of hydrogen-bond acceptors (Lipinski definition) is 3. The highest BCUT2D eigenvalue weighted by molar-refractivity contribution is 5.00. The van der Waals surface area contributed by atoms with Crippen LogP contribution in [0, 0.1) is 5.92 Å². The molecule has 3 nitrogen and oxygen atoms in total. The topological polar surface area (TPSA) is 38.5 Å². The lowest BCUT2D eigenvalue weighted by Crippen LogP contribution is -2.50. The summed E-state index contributed by atoms with van der Waals surface area (Å²) in [5, 5.41) is 0. The van der Waals surface area contributed by atoms with E-state index in [1.54, 1.807) is 0 Å². The summed E-state index contributed by atoms with van der Waals surface area (Å²) in [5.74, 6) is 0.740. The molecule has 2 heterocycles. The monoisotopic (exact) mass is 240 g/mol. The van der Waals surface area contributed by atoms with E-state index in [0.717, 1.165) is 18.9 Å².